The fourth-order valence-electron chi connectivity index (χ4n) is 3.42. The minimum atomic E-state index is -0.286. The van der Waals surface area contributed by atoms with E-state index in [2.05, 4.69) is 30.8 Å². The number of anilines is 1. The van der Waals surface area contributed by atoms with Gasteiger partial charge in [-0.15, -0.1) is 34.2 Å². The maximum Gasteiger partial charge on any atom is 0.191 e. The Morgan fingerprint density at radius 3 is 3.00 bits per heavy atom. The van der Waals surface area contributed by atoms with Crippen molar-refractivity contribution < 1.29 is 4.39 Å². The first-order valence-electron chi connectivity index (χ1n) is 9.36. The summed E-state index contributed by atoms with van der Waals surface area (Å²) in [4.78, 5) is 10.4. The quantitative estimate of drug-likeness (QED) is 0.310. The topological polar surface area (TPSA) is 82.7 Å². The molecule has 1 saturated heterocycles. The van der Waals surface area contributed by atoms with Gasteiger partial charge in [-0.3, -0.25) is 9.39 Å². The molecule has 29 heavy (non-hydrogen) atoms. The predicted octanol–water partition coefficient (Wildman–Crippen LogP) is 1.87. The first-order chi connectivity index (χ1) is 13.7. The molecule has 4 heterocycles. The molecule has 4 rings (SSSR count). The Bertz CT molecular complexity index is 976. The van der Waals surface area contributed by atoms with Crippen LogP contribution in [0.25, 0.3) is 5.65 Å². The van der Waals surface area contributed by atoms with Gasteiger partial charge in [0.15, 0.2) is 23.2 Å². The van der Waals surface area contributed by atoms with E-state index in [-0.39, 0.29) is 35.8 Å². The molecule has 3 aromatic rings. The lowest BCUT2D eigenvalue weighted by Crippen LogP contribution is -2.45. The SMILES string of the molecule is CN=C(NCCc1nnc2ccccn12)NC1CCN(c2ncccc2F)C1.I. The zero-order chi connectivity index (χ0) is 19.3. The van der Waals surface area contributed by atoms with Gasteiger partial charge in [-0.25, -0.2) is 9.37 Å². The molecule has 0 radical (unpaired) electrons. The molecular weight excluding hydrogens is 486 g/mol. The lowest BCUT2D eigenvalue weighted by atomic mass is 10.3. The van der Waals surface area contributed by atoms with Gasteiger partial charge in [-0.05, 0) is 30.7 Å². The lowest BCUT2D eigenvalue weighted by Gasteiger charge is -2.19. The van der Waals surface area contributed by atoms with E-state index >= 15 is 0 Å². The summed E-state index contributed by atoms with van der Waals surface area (Å²) in [7, 11) is 1.74. The fourth-order valence-corrected chi connectivity index (χ4v) is 3.42. The first-order valence-corrected chi connectivity index (χ1v) is 9.36. The first kappa shape index (κ1) is 21.2. The second-order valence-electron chi connectivity index (χ2n) is 6.68. The third-order valence-electron chi connectivity index (χ3n) is 4.82. The summed E-state index contributed by atoms with van der Waals surface area (Å²) >= 11 is 0. The van der Waals surface area contributed by atoms with Crippen molar-refractivity contribution in [3.05, 3.63) is 54.4 Å². The van der Waals surface area contributed by atoms with E-state index in [1.54, 1.807) is 19.3 Å². The van der Waals surface area contributed by atoms with Crippen molar-refractivity contribution in [2.45, 2.75) is 18.9 Å². The van der Waals surface area contributed by atoms with Crippen molar-refractivity contribution in [2.75, 3.05) is 31.6 Å². The number of hydrogen-bond acceptors (Lipinski definition) is 5. The van der Waals surface area contributed by atoms with E-state index < -0.39 is 0 Å². The molecule has 2 N–H and O–H groups in total. The van der Waals surface area contributed by atoms with Crippen LogP contribution in [0.5, 0.6) is 0 Å². The molecule has 0 amide bonds. The number of aromatic nitrogens is 4. The zero-order valence-corrected chi connectivity index (χ0v) is 18.5. The average molecular weight is 510 g/mol. The van der Waals surface area contributed by atoms with Crippen LogP contribution in [0.2, 0.25) is 0 Å². The second-order valence-corrected chi connectivity index (χ2v) is 6.68. The summed E-state index contributed by atoms with van der Waals surface area (Å²) in [5.41, 5.74) is 0.841. The molecule has 0 aliphatic carbocycles. The van der Waals surface area contributed by atoms with Gasteiger partial charge in [-0.1, -0.05) is 6.07 Å². The van der Waals surface area contributed by atoms with Crippen LogP contribution in [0, 0.1) is 5.82 Å². The number of hydrogen-bond donors (Lipinski definition) is 2. The number of fused-ring (bicyclic) bond motifs is 1. The second kappa shape index (κ2) is 9.81. The number of halogens is 2. The molecule has 10 heteroatoms. The summed E-state index contributed by atoms with van der Waals surface area (Å²) in [6, 6.07) is 9.07. The number of pyridine rings is 2. The van der Waals surface area contributed by atoms with Gasteiger partial charge in [0.25, 0.3) is 0 Å². The van der Waals surface area contributed by atoms with Crippen LogP contribution in [-0.4, -0.2) is 58.3 Å². The number of aliphatic imine (C=N–C) groups is 1. The van der Waals surface area contributed by atoms with E-state index in [0.29, 0.717) is 18.9 Å². The van der Waals surface area contributed by atoms with Crippen molar-refractivity contribution in [2.24, 2.45) is 4.99 Å². The standard InChI is InChI=1S/C19H23FN8.HI/c1-21-19(23-10-7-17-26-25-16-6-2-3-11-28(16)17)24-14-8-12-27(13-14)18-15(20)5-4-9-22-18;/h2-6,9,11,14H,7-8,10,12-13H2,1H3,(H2,21,23,24);1H. The smallest absolute Gasteiger partial charge is 0.191 e. The summed E-state index contributed by atoms with van der Waals surface area (Å²) in [5, 5.41) is 15.1. The van der Waals surface area contributed by atoms with Crippen LogP contribution < -0.4 is 15.5 Å². The molecule has 1 atom stereocenters. The van der Waals surface area contributed by atoms with Crippen LogP contribution in [0.1, 0.15) is 12.2 Å². The lowest BCUT2D eigenvalue weighted by molar-refractivity contribution is 0.612. The number of guanidine groups is 1. The number of nitrogens with one attached hydrogen (secondary N) is 2. The van der Waals surface area contributed by atoms with Crippen molar-refractivity contribution in [1.29, 1.82) is 0 Å². The van der Waals surface area contributed by atoms with Crippen molar-refractivity contribution in [3.63, 3.8) is 0 Å². The Kier molecular flexibility index (Phi) is 7.18. The summed E-state index contributed by atoms with van der Waals surface area (Å²) in [5.74, 6) is 1.75. The Balaban J connectivity index is 0.00000240. The van der Waals surface area contributed by atoms with Crippen molar-refractivity contribution >= 4 is 41.4 Å². The molecule has 1 fully saturated rings. The minimum Gasteiger partial charge on any atom is -0.356 e. The van der Waals surface area contributed by atoms with E-state index in [1.165, 1.54) is 6.07 Å². The number of nitrogens with zero attached hydrogens (tertiary/aromatic N) is 6. The summed E-state index contributed by atoms with van der Waals surface area (Å²) in [6.07, 6.45) is 5.20. The average Bonchev–Trinajstić information content (AvgIpc) is 3.35. The molecule has 1 aliphatic rings. The highest BCUT2D eigenvalue weighted by Crippen LogP contribution is 2.20. The summed E-state index contributed by atoms with van der Waals surface area (Å²) in [6.45, 7) is 2.12. The van der Waals surface area contributed by atoms with Crippen molar-refractivity contribution in [3.8, 4) is 0 Å². The Morgan fingerprint density at radius 2 is 2.17 bits per heavy atom. The maximum atomic E-state index is 13.9. The van der Waals surface area contributed by atoms with Gasteiger partial charge >= 0.3 is 0 Å². The molecule has 3 aromatic heterocycles. The fraction of sp³-hybridized carbons (Fsp3) is 0.368. The van der Waals surface area contributed by atoms with Gasteiger partial charge < -0.3 is 15.5 Å². The molecule has 0 spiro atoms. The Labute approximate surface area is 185 Å². The predicted molar refractivity (Wildman–Crippen MR) is 121 cm³/mol. The van der Waals surface area contributed by atoms with Gasteiger partial charge in [0.1, 0.15) is 5.82 Å². The van der Waals surface area contributed by atoms with Gasteiger partial charge in [0, 0.05) is 51.5 Å². The number of rotatable bonds is 5. The molecule has 0 bridgehead atoms. The van der Waals surface area contributed by atoms with Gasteiger partial charge in [0.05, 0.1) is 0 Å². The molecule has 154 valence electrons. The highest BCUT2D eigenvalue weighted by atomic mass is 127. The largest absolute Gasteiger partial charge is 0.356 e. The van der Waals surface area contributed by atoms with Crippen LogP contribution >= 0.6 is 24.0 Å². The van der Waals surface area contributed by atoms with E-state index in [4.69, 9.17) is 0 Å². The Morgan fingerprint density at radius 1 is 1.28 bits per heavy atom. The maximum absolute atomic E-state index is 13.9. The van der Waals surface area contributed by atoms with E-state index in [1.807, 2.05) is 33.7 Å². The third-order valence-corrected chi connectivity index (χ3v) is 4.82. The third kappa shape index (κ3) is 4.92. The van der Waals surface area contributed by atoms with E-state index in [0.717, 1.165) is 36.8 Å². The molecule has 0 aromatic carbocycles. The molecule has 8 nitrogen and oxygen atoms in total. The van der Waals surface area contributed by atoms with Crippen LogP contribution in [-0.2, 0) is 6.42 Å². The van der Waals surface area contributed by atoms with Crippen LogP contribution in [0.4, 0.5) is 10.2 Å². The molecule has 0 saturated carbocycles. The molecule has 1 aliphatic heterocycles. The van der Waals surface area contributed by atoms with Crippen molar-refractivity contribution in [1.82, 2.24) is 30.2 Å². The monoisotopic (exact) mass is 510 g/mol. The highest BCUT2D eigenvalue weighted by Gasteiger charge is 2.25. The van der Waals surface area contributed by atoms with E-state index in [9.17, 15) is 4.39 Å². The summed E-state index contributed by atoms with van der Waals surface area (Å²) < 4.78 is 15.9. The van der Waals surface area contributed by atoms with Gasteiger partial charge in [-0.2, -0.15) is 0 Å². The minimum absolute atomic E-state index is 0. The molecule has 1 unspecified atom stereocenters. The Hall–Kier alpha value is -2.50. The van der Waals surface area contributed by atoms with Crippen LogP contribution in [0.3, 0.4) is 0 Å². The zero-order valence-electron chi connectivity index (χ0n) is 16.1. The molecular formula is C19H24FIN8. The van der Waals surface area contributed by atoms with Crippen LogP contribution in [0.15, 0.2) is 47.7 Å². The normalized spacial score (nSPS) is 16.7. The highest BCUT2D eigenvalue weighted by molar-refractivity contribution is 14.0. The van der Waals surface area contributed by atoms with Gasteiger partial charge in [0.2, 0.25) is 0 Å².